The van der Waals surface area contributed by atoms with E-state index in [0.717, 1.165) is 5.92 Å². The summed E-state index contributed by atoms with van der Waals surface area (Å²) in [6.07, 6.45) is 1.19. The van der Waals surface area contributed by atoms with Crippen LogP contribution in [0, 0.1) is 11.8 Å². The molecule has 0 bridgehead atoms. The van der Waals surface area contributed by atoms with Crippen molar-refractivity contribution in [3.05, 3.63) is 71.8 Å². The normalized spacial score (nSPS) is 22.8. The van der Waals surface area contributed by atoms with E-state index in [2.05, 4.69) is 74.5 Å². The van der Waals surface area contributed by atoms with E-state index in [0.29, 0.717) is 5.92 Å². The van der Waals surface area contributed by atoms with Crippen LogP contribution < -0.4 is 0 Å². The maximum atomic E-state index is 2.36. The first-order chi connectivity index (χ1) is 9.27. The van der Waals surface area contributed by atoms with Crippen molar-refractivity contribution in [2.24, 2.45) is 11.8 Å². The predicted molar refractivity (Wildman–Crippen MR) is 82.6 cm³/mol. The topological polar surface area (TPSA) is 0 Å². The molecule has 2 atom stereocenters. The van der Waals surface area contributed by atoms with Crippen molar-refractivity contribution in [2.45, 2.75) is 20.3 Å². The van der Waals surface area contributed by atoms with E-state index in [1.807, 2.05) is 0 Å². The van der Waals surface area contributed by atoms with Crippen LogP contribution in [0.25, 0.3) is 11.1 Å². The second-order valence-electron chi connectivity index (χ2n) is 5.59. The predicted octanol–water partition coefficient (Wildman–Crippen LogP) is 5.27. The van der Waals surface area contributed by atoms with Gasteiger partial charge in [-0.1, -0.05) is 74.5 Å². The number of allylic oxidation sites excluding steroid dienone is 2. The molecule has 3 rings (SSSR count). The van der Waals surface area contributed by atoms with Crippen LogP contribution in [0.3, 0.4) is 0 Å². The first-order valence-corrected chi connectivity index (χ1v) is 7.11. The zero-order valence-corrected chi connectivity index (χ0v) is 11.6. The zero-order chi connectivity index (χ0) is 13.2. The van der Waals surface area contributed by atoms with Crippen molar-refractivity contribution < 1.29 is 0 Å². The SMILES string of the molecule is C[C@H]1CC(c2ccccc2)=C(c2ccccc2)[C@@H]1C. The molecule has 0 spiro atoms. The molecule has 0 saturated heterocycles. The van der Waals surface area contributed by atoms with Crippen molar-refractivity contribution in [3.63, 3.8) is 0 Å². The molecule has 1 aliphatic rings. The van der Waals surface area contributed by atoms with E-state index >= 15 is 0 Å². The zero-order valence-electron chi connectivity index (χ0n) is 11.6. The number of rotatable bonds is 2. The molecule has 2 aromatic carbocycles. The van der Waals surface area contributed by atoms with Crippen LogP contribution in [0.2, 0.25) is 0 Å². The Kier molecular flexibility index (Phi) is 3.25. The highest BCUT2D eigenvalue weighted by atomic mass is 14.3. The molecular formula is C19H20. The Bertz CT molecular complexity index is 578. The average Bonchev–Trinajstić information content (AvgIpc) is 2.77. The lowest BCUT2D eigenvalue weighted by molar-refractivity contribution is 0.509. The Balaban J connectivity index is 2.14. The summed E-state index contributed by atoms with van der Waals surface area (Å²) in [6, 6.07) is 21.7. The van der Waals surface area contributed by atoms with Gasteiger partial charge in [0.2, 0.25) is 0 Å². The molecule has 0 aliphatic heterocycles. The van der Waals surface area contributed by atoms with Crippen LogP contribution in [-0.2, 0) is 0 Å². The van der Waals surface area contributed by atoms with Gasteiger partial charge in [0.25, 0.3) is 0 Å². The van der Waals surface area contributed by atoms with E-state index in [1.165, 1.54) is 23.1 Å². The van der Waals surface area contributed by atoms with Gasteiger partial charge in [0.05, 0.1) is 0 Å². The van der Waals surface area contributed by atoms with E-state index in [-0.39, 0.29) is 0 Å². The molecule has 19 heavy (non-hydrogen) atoms. The third-order valence-corrected chi connectivity index (χ3v) is 4.37. The van der Waals surface area contributed by atoms with E-state index in [9.17, 15) is 0 Å². The summed E-state index contributed by atoms with van der Waals surface area (Å²) in [6.45, 7) is 4.73. The minimum atomic E-state index is 0.637. The Morgan fingerprint density at radius 2 is 1.26 bits per heavy atom. The fourth-order valence-electron chi connectivity index (χ4n) is 3.14. The summed E-state index contributed by atoms with van der Waals surface area (Å²) in [4.78, 5) is 0. The monoisotopic (exact) mass is 248 g/mol. The van der Waals surface area contributed by atoms with Gasteiger partial charge in [-0.15, -0.1) is 0 Å². The summed E-state index contributed by atoms with van der Waals surface area (Å²) >= 11 is 0. The molecule has 0 saturated carbocycles. The first kappa shape index (κ1) is 12.2. The molecule has 0 amide bonds. The maximum Gasteiger partial charge on any atom is -0.0153 e. The molecular weight excluding hydrogens is 228 g/mol. The van der Waals surface area contributed by atoms with Gasteiger partial charge in [-0.25, -0.2) is 0 Å². The van der Waals surface area contributed by atoms with Crippen LogP contribution in [0.1, 0.15) is 31.4 Å². The Morgan fingerprint density at radius 1 is 0.737 bits per heavy atom. The largest absolute Gasteiger partial charge is 0.0622 e. The van der Waals surface area contributed by atoms with Gasteiger partial charge in [-0.2, -0.15) is 0 Å². The Morgan fingerprint density at radius 3 is 1.84 bits per heavy atom. The third-order valence-electron chi connectivity index (χ3n) is 4.37. The number of benzene rings is 2. The van der Waals surface area contributed by atoms with Crippen LogP contribution in [0.4, 0.5) is 0 Å². The molecule has 0 heterocycles. The summed E-state index contributed by atoms with van der Waals surface area (Å²) in [7, 11) is 0. The van der Waals surface area contributed by atoms with Crippen molar-refractivity contribution in [1.82, 2.24) is 0 Å². The minimum absolute atomic E-state index is 0.637. The van der Waals surface area contributed by atoms with E-state index in [1.54, 1.807) is 5.57 Å². The van der Waals surface area contributed by atoms with E-state index in [4.69, 9.17) is 0 Å². The van der Waals surface area contributed by atoms with Gasteiger partial charge >= 0.3 is 0 Å². The molecule has 0 heteroatoms. The summed E-state index contributed by atoms with van der Waals surface area (Å²) < 4.78 is 0. The molecule has 0 aromatic heterocycles. The Hall–Kier alpha value is -1.82. The quantitative estimate of drug-likeness (QED) is 0.679. The van der Waals surface area contributed by atoms with Gasteiger partial charge in [-0.05, 0) is 40.5 Å². The second-order valence-corrected chi connectivity index (χ2v) is 5.59. The van der Waals surface area contributed by atoms with Crippen molar-refractivity contribution >= 4 is 11.1 Å². The van der Waals surface area contributed by atoms with Crippen molar-refractivity contribution in [2.75, 3.05) is 0 Å². The maximum absolute atomic E-state index is 2.36. The lowest BCUT2D eigenvalue weighted by Crippen LogP contribution is -2.02. The smallest absolute Gasteiger partial charge is 0.0153 e. The minimum Gasteiger partial charge on any atom is -0.0622 e. The molecule has 0 unspecified atom stereocenters. The van der Waals surface area contributed by atoms with E-state index < -0.39 is 0 Å². The highest BCUT2D eigenvalue weighted by molar-refractivity contribution is 5.94. The molecule has 0 N–H and O–H groups in total. The van der Waals surface area contributed by atoms with Crippen LogP contribution in [0.5, 0.6) is 0 Å². The van der Waals surface area contributed by atoms with Gasteiger partial charge < -0.3 is 0 Å². The van der Waals surface area contributed by atoms with Crippen LogP contribution in [-0.4, -0.2) is 0 Å². The Labute approximate surface area is 115 Å². The van der Waals surface area contributed by atoms with Gasteiger partial charge in [0.1, 0.15) is 0 Å². The number of hydrogen-bond donors (Lipinski definition) is 0. The van der Waals surface area contributed by atoms with Gasteiger partial charge in [0.15, 0.2) is 0 Å². The molecule has 1 aliphatic carbocycles. The van der Waals surface area contributed by atoms with Crippen molar-refractivity contribution in [1.29, 1.82) is 0 Å². The van der Waals surface area contributed by atoms with Crippen molar-refractivity contribution in [3.8, 4) is 0 Å². The summed E-state index contributed by atoms with van der Waals surface area (Å²) in [5, 5.41) is 0. The highest BCUT2D eigenvalue weighted by Crippen LogP contribution is 2.46. The molecule has 96 valence electrons. The van der Waals surface area contributed by atoms with Crippen LogP contribution >= 0.6 is 0 Å². The first-order valence-electron chi connectivity index (χ1n) is 7.11. The molecule has 0 fully saturated rings. The van der Waals surface area contributed by atoms with Crippen LogP contribution in [0.15, 0.2) is 60.7 Å². The molecule has 0 nitrogen and oxygen atoms in total. The fraction of sp³-hybridized carbons (Fsp3) is 0.263. The average molecular weight is 248 g/mol. The molecule has 0 radical (unpaired) electrons. The second kappa shape index (κ2) is 5.05. The summed E-state index contributed by atoms with van der Waals surface area (Å²) in [5.41, 5.74) is 5.85. The van der Waals surface area contributed by atoms with Gasteiger partial charge in [-0.3, -0.25) is 0 Å². The molecule has 2 aromatic rings. The number of hydrogen-bond acceptors (Lipinski definition) is 0. The summed E-state index contributed by atoms with van der Waals surface area (Å²) in [5.74, 6) is 1.36. The third kappa shape index (κ3) is 2.23. The fourth-order valence-corrected chi connectivity index (χ4v) is 3.14. The standard InChI is InChI=1S/C19H20/c1-14-13-18(16-9-5-3-6-10-16)19(15(14)2)17-11-7-4-8-12-17/h3-12,14-15H,13H2,1-2H3/t14-,15+/m0/s1. The highest BCUT2D eigenvalue weighted by Gasteiger charge is 2.29. The van der Waals surface area contributed by atoms with Gasteiger partial charge in [0, 0.05) is 0 Å². The lowest BCUT2D eigenvalue weighted by Gasteiger charge is -2.14. The lowest BCUT2D eigenvalue weighted by atomic mass is 9.90.